The summed E-state index contributed by atoms with van der Waals surface area (Å²) in [5.74, 6) is -0.828. The summed E-state index contributed by atoms with van der Waals surface area (Å²) < 4.78 is 60.4. The molecule has 2 aromatic carbocycles. The largest absolute Gasteiger partial charge is 0.387 e. The van der Waals surface area contributed by atoms with Gasteiger partial charge in [-0.05, 0) is 35.4 Å². The highest BCUT2D eigenvalue weighted by molar-refractivity contribution is 7.91. The number of alkyl halides is 3. The van der Waals surface area contributed by atoms with Gasteiger partial charge in [-0.1, -0.05) is 47.5 Å². The topological polar surface area (TPSA) is 150 Å². The Labute approximate surface area is 219 Å². The summed E-state index contributed by atoms with van der Waals surface area (Å²) in [5, 5.41) is 26.6. The molecule has 0 spiro atoms. The van der Waals surface area contributed by atoms with E-state index in [1.165, 1.54) is 48.5 Å². The van der Waals surface area contributed by atoms with Crippen molar-refractivity contribution in [2.45, 2.75) is 38.9 Å². The van der Waals surface area contributed by atoms with Crippen LogP contribution >= 0.6 is 23.2 Å². The van der Waals surface area contributed by atoms with Gasteiger partial charge in [0.05, 0.1) is 28.0 Å². The van der Waals surface area contributed by atoms with Crippen molar-refractivity contribution in [1.82, 2.24) is 10.6 Å². The zero-order valence-corrected chi connectivity index (χ0v) is 22.5. The first-order valence-corrected chi connectivity index (χ1v) is 15.1. The average molecular weight is 586 g/mol. The second-order valence-corrected chi connectivity index (χ2v) is 13.3. The van der Waals surface area contributed by atoms with E-state index in [2.05, 4.69) is 10.6 Å². The average Bonchev–Trinajstić information content (AvgIpc) is 2.81. The van der Waals surface area contributed by atoms with Gasteiger partial charge in [-0.25, -0.2) is 21.2 Å². The second-order valence-electron chi connectivity index (χ2n) is 8.16. The number of halogens is 3. The maximum Gasteiger partial charge on any atom is 0.253 e. The summed E-state index contributed by atoms with van der Waals surface area (Å²) in [6.07, 6.45) is -0.706. The van der Waals surface area contributed by atoms with Gasteiger partial charge >= 0.3 is 0 Å². The molecule has 0 aliphatic carbocycles. The third-order valence-corrected chi connectivity index (χ3v) is 8.01. The molecule has 9 nitrogen and oxygen atoms in total. The van der Waals surface area contributed by atoms with Crippen LogP contribution in [0.5, 0.6) is 0 Å². The molecule has 0 unspecified atom stereocenters. The fraction of sp³-hybridized carbons (Fsp3) is 0.409. The highest BCUT2D eigenvalue weighted by Gasteiger charge is 2.28. The molecule has 2 rings (SSSR count). The molecule has 0 aromatic heterocycles. The van der Waals surface area contributed by atoms with E-state index in [-0.39, 0.29) is 27.5 Å². The van der Waals surface area contributed by atoms with Crippen LogP contribution < -0.4 is 10.6 Å². The van der Waals surface area contributed by atoms with Crippen molar-refractivity contribution in [3.63, 3.8) is 0 Å². The second kappa shape index (κ2) is 12.6. The number of aliphatic hydroxyl groups is 2. The Morgan fingerprint density at radius 3 is 1.56 bits per heavy atom. The lowest BCUT2D eigenvalue weighted by Gasteiger charge is -2.29. The predicted molar refractivity (Wildman–Crippen MR) is 134 cm³/mol. The molecule has 0 heterocycles. The quantitative estimate of drug-likeness (QED) is 0.274. The molecular weight excluding hydrogens is 558 g/mol. The molecule has 0 saturated heterocycles. The number of sulfone groups is 2. The van der Waals surface area contributed by atoms with E-state index in [0.29, 0.717) is 0 Å². The number of hydrogen-bond acceptors (Lipinski definition) is 8. The Kier molecular flexibility index (Phi) is 10.7. The number of hydrogen-bond donors (Lipinski definition) is 4. The lowest BCUT2D eigenvalue weighted by atomic mass is 10.00. The van der Waals surface area contributed by atoms with Crippen molar-refractivity contribution in [2.75, 3.05) is 25.7 Å². The zero-order chi connectivity index (χ0) is 27.3. The Bertz CT molecular complexity index is 1240. The molecule has 0 bridgehead atoms. The summed E-state index contributed by atoms with van der Waals surface area (Å²) in [6.45, 7) is -1.28. The maximum absolute atomic E-state index is 13.8. The van der Waals surface area contributed by atoms with Crippen molar-refractivity contribution in [3.8, 4) is 0 Å². The number of benzene rings is 2. The Morgan fingerprint density at radius 1 is 0.833 bits per heavy atom. The van der Waals surface area contributed by atoms with E-state index >= 15 is 0 Å². The van der Waals surface area contributed by atoms with Crippen LogP contribution in [-0.2, 0) is 24.5 Å². The third kappa shape index (κ3) is 8.37. The first kappa shape index (κ1) is 30.4. The molecule has 1 amide bonds. The van der Waals surface area contributed by atoms with Crippen molar-refractivity contribution in [2.24, 2.45) is 0 Å². The summed E-state index contributed by atoms with van der Waals surface area (Å²) >= 11 is 11.2. The number of carbonyl (C=O) groups is 1. The summed E-state index contributed by atoms with van der Waals surface area (Å²) in [5.41, 5.74) is 0.500. The maximum atomic E-state index is 13.8. The van der Waals surface area contributed by atoms with Gasteiger partial charge in [0.2, 0.25) is 0 Å². The van der Waals surface area contributed by atoms with Crippen LogP contribution in [0.4, 0.5) is 4.39 Å². The van der Waals surface area contributed by atoms with Gasteiger partial charge in [0.25, 0.3) is 5.91 Å². The lowest BCUT2D eigenvalue weighted by molar-refractivity contribution is -0.121. The molecule has 4 atom stereocenters. The third-order valence-electron chi connectivity index (χ3n) is 5.35. The first-order valence-electron chi connectivity index (χ1n) is 10.5. The zero-order valence-electron chi connectivity index (χ0n) is 19.3. The lowest BCUT2D eigenvalue weighted by Crippen LogP contribution is -2.50. The number of nitrogens with one attached hydrogen (secondary N) is 2. The molecule has 0 fully saturated rings. The number of rotatable bonds is 12. The van der Waals surface area contributed by atoms with Gasteiger partial charge in [0.15, 0.2) is 24.5 Å². The van der Waals surface area contributed by atoms with E-state index in [1.54, 1.807) is 0 Å². The molecule has 0 saturated carbocycles. The first-order chi connectivity index (χ1) is 16.6. The van der Waals surface area contributed by atoms with Gasteiger partial charge in [0.1, 0.15) is 12.8 Å². The smallest absolute Gasteiger partial charge is 0.253 e. The SMILES string of the molecule is CS(=O)(=O)c1ccc([C@@H](O)[C@@H](CN[C@@H](CF)[C@@H](O)c2ccc(S(C)(=O)=O)cc2)NC(=O)C(Cl)Cl)cc1. The normalized spacial score (nSPS) is 15.8. The molecule has 0 aliphatic heterocycles. The fourth-order valence-corrected chi connectivity index (χ4v) is 4.69. The summed E-state index contributed by atoms with van der Waals surface area (Å²) in [7, 11) is -6.92. The van der Waals surface area contributed by atoms with Crippen LogP contribution in [0.25, 0.3) is 0 Å². The Hall–Kier alpha value is -1.80. The van der Waals surface area contributed by atoms with E-state index < -0.39 is 61.4 Å². The minimum atomic E-state index is -3.47. The van der Waals surface area contributed by atoms with Crippen molar-refractivity contribution < 1.29 is 36.2 Å². The van der Waals surface area contributed by atoms with Crippen molar-refractivity contribution in [1.29, 1.82) is 0 Å². The van der Waals surface area contributed by atoms with Gasteiger partial charge in [-0.15, -0.1) is 0 Å². The summed E-state index contributed by atoms with van der Waals surface area (Å²) in [6, 6.07) is 8.32. The van der Waals surface area contributed by atoms with Crippen LogP contribution in [0.1, 0.15) is 23.3 Å². The summed E-state index contributed by atoms with van der Waals surface area (Å²) in [4.78, 5) is 10.7. The van der Waals surface area contributed by atoms with E-state index in [0.717, 1.165) is 12.5 Å². The van der Waals surface area contributed by atoms with Crippen LogP contribution in [0.15, 0.2) is 58.3 Å². The van der Waals surface area contributed by atoms with E-state index in [4.69, 9.17) is 23.2 Å². The Morgan fingerprint density at radius 2 is 1.22 bits per heavy atom. The molecule has 36 heavy (non-hydrogen) atoms. The number of aliphatic hydroxyl groups excluding tert-OH is 2. The van der Waals surface area contributed by atoms with Crippen molar-refractivity contribution >= 4 is 48.8 Å². The standard InChI is InChI=1S/C22H27Cl2FN2O7S2/c1-35(31,32)15-7-3-13(4-8-15)19(28)17(11-25)26-12-18(27-22(30)21(23)24)20(29)14-5-9-16(10-6-14)36(2,33)34/h3-10,17-21,26,28-29H,11-12H2,1-2H3,(H,27,30)/t17-,18+,19-,20+/m0/s1. The van der Waals surface area contributed by atoms with Crippen LogP contribution in [0.3, 0.4) is 0 Å². The minimum Gasteiger partial charge on any atom is -0.387 e. The highest BCUT2D eigenvalue weighted by Crippen LogP contribution is 2.22. The van der Waals surface area contributed by atoms with Crippen LogP contribution in [0.2, 0.25) is 0 Å². The van der Waals surface area contributed by atoms with E-state index in [1.807, 2.05) is 0 Å². The molecule has 2 aromatic rings. The van der Waals surface area contributed by atoms with Gasteiger partial charge < -0.3 is 20.8 Å². The molecule has 4 N–H and O–H groups in total. The predicted octanol–water partition coefficient (Wildman–Crippen LogP) is 1.48. The minimum absolute atomic E-state index is 0.0289. The van der Waals surface area contributed by atoms with Crippen LogP contribution in [0, 0.1) is 0 Å². The molecule has 0 aliphatic rings. The van der Waals surface area contributed by atoms with Gasteiger partial charge in [-0.3, -0.25) is 4.79 Å². The van der Waals surface area contributed by atoms with Crippen molar-refractivity contribution in [3.05, 3.63) is 59.7 Å². The monoisotopic (exact) mass is 584 g/mol. The number of amides is 1. The van der Waals surface area contributed by atoms with Gasteiger partial charge in [-0.2, -0.15) is 0 Å². The number of carbonyl (C=O) groups excluding carboxylic acids is 1. The molecule has 14 heteroatoms. The van der Waals surface area contributed by atoms with Gasteiger partial charge in [0, 0.05) is 19.1 Å². The molecule has 0 radical (unpaired) electrons. The fourth-order valence-electron chi connectivity index (χ4n) is 3.31. The highest BCUT2D eigenvalue weighted by atomic mass is 35.5. The molecular formula is C22H27Cl2FN2O7S2. The van der Waals surface area contributed by atoms with E-state index in [9.17, 15) is 36.2 Å². The molecule has 200 valence electrons. The Balaban J connectivity index is 2.22. The van der Waals surface area contributed by atoms with Crippen LogP contribution in [-0.4, -0.2) is 75.6 Å².